The van der Waals surface area contributed by atoms with E-state index in [0.29, 0.717) is 11.4 Å². The zero-order valence-corrected chi connectivity index (χ0v) is 9.00. The highest BCUT2D eigenvalue weighted by Crippen LogP contribution is 2.18. The van der Waals surface area contributed by atoms with Gasteiger partial charge in [-0.2, -0.15) is 0 Å². The molecule has 0 aliphatic carbocycles. The van der Waals surface area contributed by atoms with Gasteiger partial charge in [-0.1, -0.05) is 6.07 Å². The number of hydrogen-bond acceptors (Lipinski definition) is 3. The quantitative estimate of drug-likeness (QED) is 0.724. The molecule has 0 bridgehead atoms. The topological polar surface area (TPSA) is 78.4 Å². The van der Waals surface area contributed by atoms with Crippen molar-refractivity contribution in [3.8, 4) is 0 Å². The van der Waals surface area contributed by atoms with Crippen molar-refractivity contribution in [3.63, 3.8) is 0 Å². The number of carbonyl (C=O) groups excluding carboxylic acids is 1. The molecule has 1 unspecified atom stereocenters. The lowest BCUT2D eigenvalue weighted by molar-refractivity contribution is -0.139. The Hall–Kier alpha value is -1.56. The van der Waals surface area contributed by atoms with Gasteiger partial charge in [0.25, 0.3) is 0 Å². The Labute approximate surface area is 91.1 Å². The second-order valence-electron chi connectivity index (χ2n) is 2.79. The normalized spacial score (nSPS) is 11.8. The van der Waals surface area contributed by atoms with Crippen molar-refractivity contribution in [1.29, 1.82) is 0 Å². The summed E-state index contributed by atoms with van der Waals surface area (Å²) >= 11 is 1.30. The molecule has 0 spiro atoms. The summed E-state index contributed by atoms with van der Waals surface area (Å²) < 4.78 is 0. The first-order valence-electron chi connectivity index (χ1n) is 4.45. The lowest BCUT2D eigenvalue weighted by atomic mass is 10.2. The van der Waals surface area contributed by atoms with E-state index in [9.17, 15) is 9.59 Å². The van der Waals surface area contributed by atoms with E-state index in [1.165, 1.54) is 11.3 Å². The van der Waals surface area contributed by atoms with E-state index in [-0.39, 0.29) is 0 Å². The predicted molar refractivity (Wildman–Crippen MR) is 56.9 cm³/mol. The number of carbonyl (C=O) groups is 2. The third kappa shape index (κ3) is 3.25. The number of carboxylic acid groups (broad SMARTS) is 1. The Bertz CT molecular complexity index is 337. The highest BCUT2D eigenvalue weighted by Gasteiger charge is 2.22. The fourth-order valence-electron chi connectivity index (χ4n) is 1.05. The summed E-state index contributed by atoms with van der Waals surface area (Å²) in [7, 11) is 0. The van der Waals surface area contributed by atoms with Crippen molar-refractivity contribution in [2.24, 2.45) is 0 Å². The molecular weight excluding hydrogens is 216 g/mol. The smallest absolute Gasteiger partial charge is 0.331 e. The van der Waals surface area contributed by atoms with E-state index in [1.807, 2.05) is 0 Å². The molecule has 15 heavy (non-hydrogen) atoms. The van der Waals surface area contributed by atoms with Gasteiger partial charge in [-0.3, -0.25) is 0 Å². The summed E-state index contributed by atoms with van der Waals surface area (Å²) in [6, 6.07) is 1.97. The van der Waals surface area contributed by atoms with Crippen LogP contribution in [-0.4, -0.2) is 23.7 Å². The van der Waals surface area contributed by atoms with Crippen LogP contribution in [-0.2, 0) is 4.79 Å². The molecule has 1 aromatic rings. The lowest BCUT2D eigenvalue weighted by Gasteiger charge is -2.12. The minimum atomic E-state index is -1.07. The van der Waals surface area contributed by atoms with Crippen LogP contribution in [0.25, 0.3) is 0 Å². The minimum absolute atomic E-state index is 0.461. The van der Waals surface area contributed by atoms with Crippen LogP contribution in [0.4, 0.5) is 4.79 Å². The molecule has 0 aliphatic rings. The average Bonchev–Trinajstić information content (AvgIpc) is 2.66. The van der Waals surface area contributed by atoms with Gasteiger partial charge in [0.05, 0.1) is 0 Å². The number of nitrogens with one attached hydrogen (secondary N) is 2. The highest BCUT2D eigenvalue weighted by atomic mass is 32.1. The highest BCUT2D eigenvalue weighted by molar-refractivity contribution is 7.10. The van der Waals surface area contributed by atoms with E-state index >= 15 is 0 Å². The summed E-state index contributed by atoms with van der Waals surface area (Å²) in [5.41, 5.74) is 0. The first-order valence-corrected chi connectivity index (χ1v) is 5.33. The van der Waals surface area contributed by atoms with Crippen molar-refractivity contribution in [2.45, 2.75) is 13.0 Å². The summed E-state index contributed by atoms with van der Waals surface area (Å²) in [5.74, 6) is -1.07. The Balaban J connectivity index is 2.68. The van der Waals surface area contributed by atoms with Crippen molar-refractivity contribution < 1.29 is 14.7 Å². The van der Waals surface area contributed by atoms with E-state index in [4.69, 9.17) is 5.11 Å². The first kappa shape index (κ1) is 11.5. The molecule has 0 fully saturated rings. The number of hydrogen-bond donors (Lipinski definition) is 3. The van der Waals surface area contributed by atoms with E-state index in [2.05, 4.69) is 10.6 Å². The van der Waals surface area contributed by atoms with E-state index in [0.717, 1.165) is 0 Å². The monoisotopic (exact) mass is 228 g/mol. The predicted octanol–water partition coefficient (Wildman–Crippen LogP) is 1.19. The Morgan fingerprint density at radius 1 is 1.60 bits per heavy atom. The van der Waals surface area contributed by atoms with Gasteiger partial charge in [0, 0.05) is 11.4 Å². The molecule has 2 amide bonds. The van der Waals surface area contributed by atoms with Gasteiger partial charge in [0.15, 0.2) is 6.04 Å². The van der Waals surface area contributed by atoms with Gasteiger partial charge in [0.1, 0.15) is 0 Å². The molecule has 1 heterocycles. The number of aliphatic carboxylic acids is 1. The van der Waals surface area contributed by atoms with Crippen LogP contribution in [0.1, 0.15) is 17.8 Å². The van der Waals surface area contributed by atoms with Gasteiger partial charge in [0.2, 0.25) is 0 Å². The van der Waals surface area contributed by atoms with Crippen molar-refractivity contribution in [1.82, 2.24) is 10.6 Å². The molecule has 3 N–H and O–H groups in total. The molecule has 0 saturated carbocycles. The molecule has 1 aromatic heterocycles. The molecule has 1 atom stereocenters. The van der Waals surface area contributed by atoms with Gasteiger partial charge in [-0.25, -0.2) is 9.59 Å². The molecule has 6 heteroatoms. The molecule has 0 saturated heterocycles. The van der Waals surface area contributed by atoms with Crippen molar-refractivity contribution in [2.75, 3.05) is 6.54 Å². The number of urea groups is 1. The van der Waals surface area contributed by atoms with E-state index < -0.39 is 18.0 Å². The van der Waals surface area contributed by atoms with Gasteiger partial charge >= 0.3 is 12.0 Å². The van der Waals surface area contributed by atoms with Crippen molar-refractivity contribution >= 4 is 23.3 Å². The SMILES string of the molecule is CCNC(=O)NC(C(=O)O)c1cccs1. The molecule has 0 radical (unpaired) electrons. The number of carboxylic acids is 1. The van der Waals surface area contributed by atoms with Crippen LogP contribution in [0.15, 0.2) is 17.5 Å². The van der Waals surface area contributed by atoms with Crippen LogP contribution in [0.5, 0.6) is 0 Å². The van der Waals surface area contributed by atoms with Crippen LogP contribution >= 0.6 is 11.3 Å². The second-order valence-corrected chi connectivity index (χ2v) is 3.77. The Morgan fingerprint density at radius 2 is 2.33 bits per heavy atom. The standard InChI is InChI=1S/C9H12N2O3S/c1-2-10-9(14)11-7(8(12)13)6-4-3-5-15-6/h3-5,7H,2H2,1H3,(H,12,13)(H2,10,11,14). The molecule has 0 aromatic carbocycles. The maximum atomic E-state index is 11.2. The fraction of sp³-hybridized carbons (Fsp3) is 0.333. The van der Waals surface area contributed by atoms with Gasteiger partial charge in [-0.05, 0) is 18.4 Å². The zero-order chi connectivity index (χ0) is 11.3. The largest absolute Gasteiger partial charge is 0.479 e. The zero-order valence-electron chi connectivity index (χ0n) is 8.19. The number of rotatable bonds is 4. The molecular formula is C9H12N2O3S. The first-order chi connectivity index (χ1) is 7.15. The third-order valence-corrected chi connectivity index (χ3v) is 2.62. The number of thiophene rings is 1. The van der Waals surface area contributed by atoms with Crippen LogP contribution in [0.2, 0.25) is 0 Å². The molecule has 5 nitrogen and oxygen atoms in total. The van der Waals surface area contributed by atoms with E-state index in [1.54, 1.807) is 24.4 Å². The number of amides is 2. The summed E-state index contributed by atoms with van der Waals surface area (Å²) in [4.78, 5) is 22.7. The van der Waals surface area contributed by atoms with Gasteiger partial charge < -0.3 is 15.7 Å². The van der Waals surface area contributed by atoms with Crippen LogP contribution in [0.3, 0.4) is 0 Å². The van der Waals surface area contributed by atoms with Crippen LogP contribution in [0, 0.1) is 0 Å². The maximum Gasteiger partial charge on any atom is 0.331 e. The van der Waals surface area contributed by atoms with Crippen LogP contribution < -0.4 is 10.6 Å². The molecule has 0 aliphatic heterocycles. The Kier molecular flexibility index (Phi) is 4.11. The lowest BCUT2D eigenvalue weighted by Crippen LogP contribution is -2.40. The summed E-state index contributed by atoms with van der Waals surface area (Å²) in [6.07, 6.45) is 0. The van der Waals surface area contributed by atoms with Crippen molar-refractivity contribution in [3.05, 3.63) is 22.4 Å². The van der Waals surface area contributed by atoms with Gasteiger partial charge in [-0.15, -0.1) is 11.3 Å². The third-order valence-electron chi connectivity index (χ3n) is 1.69. The molecule has 82 valence electrons. The Morgan fingerprint density at radius 3 is 2.80 bits per heavy atom. The maximum absolute atomic E-state index is 11.2. The average molecular weight is 228 g/mol. The summed E-state index contributed by atoms with van der Waals surface area (Å²) in [5, 5.41) is 15.6. The molecule has 1 rings (SSSR count). The summed E-state index contributed by atoms with van der Waals surface area (Å²) in [6.45, 7) is 2.23. The fourth-order valence-corrected chi connectivity index (χ4v) is 1.82. The minimum Gasteiger partial charge on any atom is -0.479 e. The second kappa shape index (κ2) is 5.35.